The maximum atomic E-state index is 13.2. The molecule has 2 fully saturated rings. The average Bonchev–Trinajstić information content (AvgIpc) is 3.14. The van der Waals surface area contributed by atoms with Gasteiger partial charge in [-0.15, -0.1) is 0 Å². The van der Waals surface area contributed by atoms with Crippen molar-refractivity contribution in [1.29, 1.82) is 0 Å². The van der Waals surface area contributed by atoms with E-state index in [-0.39, 0.29) is 17.7 Å². The van der Waals surface area contributed by atoms with Gasteiger partial charge in [0, 0.05) is 45.2 Å². The van der Waals surface area contributed by atoms with E-state index in [1.165, 1.54) is 0 Å². The van der Waals surface area contributed by atoms with Crippen molar-refractivity contribution >= 4 is 11.8 Å². The summed E-state index contributed by atoms with van der Waals surface area (Å²) in [6.45, 7) is 4.81. The number of nitrogens with zero attached hydrogens (tertiary/aromatic N) is 4. The number of likely N-dealkylation sites (tertiary alicyclic amines) is 1. The summed E-state index contributed by atoms with van der Waals surface area (Å²) in [7, 11) is 6.15. The van der Waals surface area contributed by atoms with Crippen LogP contribution in [0.2, 0.25) is 0 Å². The van der Waals surface area contributed by atoms with E-state index in [4.69, 9.17) is 0 Å². The van der Waals surface area contributed by atoms with Gasteiger partial charge in [0.2, 0.25) is 11.8 Å². The molecule has 0 N–H and O–H groups in total. The molecule has 0 saturated carbocycles. The van der Waals surface area contributed by atoms with E-state index in [9.17, 15) is 9.59 Å². The minimum Gasteiger partial charge on any atom is -0.342 e. The van der Waals surface area contributed by atoms with Gasteiger partial charge in [-0.1, -0.05) is 12.2 Å². The molecule has 2 amide bonds. The van der Waals surface area contributed by atoms with Gasteiger partial charge < -0.3 is 14.7 Å². The van der Waals surface area contributed by atoms with Gasteiger partial charge in [-0.25, -0.2) is 0 Å². The maximum Gasteiger partial charge on any atom is 0.243 e. The number of hydrogen-bond acceptors (Lipinski definition) is 4. The molecule has 6 nitrogen and oxygen atoms in total. The molecule has 2 heterocycles. The van der Waals surface area contributed by atoms with Crippen LogP contribution < -0.4 is 0 Å². The highest BCUT2D eigenvalue weighted by molar-refractivity contribution is 5.88. The fraction of sp³-hybridized carbons (Fsp3) is 0.789. The average molecular weight is 348 g/mol. The van der Waals surface area contributed by atoms with E-state index in [0.29, 0.717) is 13.1 Å². The van der Waals surface area contributed by atoms with E-state index in [1.807, 2.05) is 23.9 Å². The summed E-state index contributed by atoms with van der Waals surface area (Å²) in [5.41, 5.74) is -0.407. The van der Waals surface area contributed by atoms with Crippen LogP contribution in [0.1, 0.15) is 25.7 Å². The van der Waals surface area contributed by atoms with Gasteiger partial charge in [0.25, 0.3) is 0 Å². The molecule has 1 aliphatic carbocycles. The fourth-order valence-corrected chi connectivity index (χ4v) is 4.35. The van der Waals surface area contributed by atoms with Gasteiger partial charge in [-0.3, -0.25) is 14.5 Å². The van der Waals surface area contributed by atoms with Crippen LogP contribution in [0.4, 0.5) is 0 Å². The molecule has 2 aliphatic heterocycles. The van der Waals surface area contributed by atoms with Crippen molar-refractivity contribution in [2.45, 2.75) is 31.2 Å². The standard InChI is InChI=1S/C19H32N4O2/c1-20(2)12-14-23-15-13-21(3)19(18(23)25)8-10-22(11-9-19)17(24)16-6-4-5-7-16/h4-5,16H,6-15H2,1-3H3. The Morgan fingerprint density at radius 1 is 1.16 bits per heavy atom. The lowest BCUT2D eigenvalue weighted by Gasteiger charge is -2.52. The lowest BCUT2D eigenvalue weighted by Crippen LogP contribution is -2.68. The molecule has 3 aliphatic rings. The van der Waals surface area contributed by atoms with Crippen LogP contribution in [-0.4, -0.2) is 97.4 Å². The molecule has 6 heteroatoms. The number of carbonyl (C=O) groups is 2. The summed E-state index contributed by atoms with van der Waals surface area (Å²) in [6.07, 6.45) is 7.47. The first-order valence-electron chi connectivity index (χ1n) is 9.53. The minimum absolute atomic E-state index is 0.130. The second-order valence-electron chi connectivity index (χ2n) is 8.01. The molecule has 140 valence electrons. The van der Waals surface area contributed by atoms with E-state index in [0.717, 1.165) is 51.9 Å². The Kier molecular flexibility index (Phi) is 5.49. The Hall–Kier alpha value is -1.40. The Labute approximate surface area is 151 Å². The second kappa shape index (κ2) is 7.46. The molecule has 2 saturated heterocycles. The maximum absolute atomic E-state index is 13.2. The lowest BCUT2D eigenvalue weighted by molar-refractivity contribution is -0.157. The normalized spacial score (nSPS) is 24.7. The largest absolute Gasteiger partial charge is 0.342 e. The zero-order chi connectivity index (χ0) is 18.0. The number of amides is 2. The van der Waals surface area contributed by atoms with Gasteiger partial charge in [0.15, 0.2) is 0 Å². The summed E-state index contributed by atoms with van der Waals surface area (Å²) < 4.78 is 0. The summed E-state index contributed by atoms with van der Waals surface area (Å²) in [5.74, 6) is 0.665. The zero-order valence-electron chi connectivity index (χ0n) is 15.9. The van der Waals surface area contributed by atoms with E-state index < -0.39 is 5.54 Å². The van der Waals surface area contributed by atoms with Crippen molar-refractivity contribution in [2.75, 3.05) is 60.4 Å². The highest BCUT2D eigenvalue weighted by Crippen LogP contribution is 2.34. The molecule has 0 unspecified atom stereocenters. The molecule has 0 radical (unpaired) electrons. The Bertz CT molecular complexity index is 530. The second-order valence-corrected chi connectivity index (χ2v) is 8.01. The Balaban J connectivity index is 1.62. The number of carbonyl (C=O) groups excluding carboxylic acids is 2. The summed E-state index contributed by atoms with van der Waals surface area (Å²) in [6, 6.07) is 0. The number of allylic oxidation sites excluding steroid dienone is 2. The minimum atomic E-state index is -0.407. The van der Waals surface area contributed by atoms with Crippen molar-refractivity contribution in [3.63, 3.8) is 0 Å². The van der Waals surface area contributed by atoms with Crippen LogP contribution in [0.15, 0.2) is 12.2 Å². The molecular weight excluding hydrogens is 316 g/mol. The molecule has 3 rings (SSSR count). The number of likely N-dealkylation sites (N-methyl/N-ethyl adjacent to an activating group) is 2. The highest BCUT2D eigenvalue weighted by atomic mass is 16.2. The predicted molar refractivity (Wildman–Crippen MR) is 98.2 cm³/mol. The molecule has 0 aromatic rings. The Morgan fingerprint density at radius 2 is 1.80 bits per heavy atom. The quantitative estimate of drug-likeness (QED) is 0.700. The van der Waals surface area contributed by atoms with E-state index >= 15 is 0 Å². The summed E-state index contributed by atoms with van der Waals surface area (Å²) in [5, 5.41) is 0. The molecule has 0 aromatic heterocycles. The first-order valence-corrected chi connectivity index (χ1v) is 9.53. The topological polar surface area (TPSA) is 47.1 Å². The molecule has 1 spiro atoms. The summed E-state index contributed by atoms with van der Waals surface area (Å²) in [4.78, 5) is 34.2. The molecule has 0 bridgehead atoms. The number of rotatable bonds is 4. The molecule has 0 aromatic carbocycles. The van der Waals surface area contributed by atoms with Crippen LogP contribution in [0.3, 0.4) is 0 Å². The molecule has 25 heavy (non-hydrogen) atoms. The smallest absolute Gasteiger partial charge is 0.243 e. The third-order valence-electron chi connectivity index (χ3n) is 6.20. The SMILES string of the molecule is CN(C)CCN1CCN(C)C2(CCN(C(=O)C3CC=CC3)CC2)C1=O. The van der Waals surface area contributed by atoms with Crippen LogP contribution >= 0.6 is 0 Å². The van der Waals surface area contributed by atoms with Crippen molar-refractivity contribution < 1.29 is 9.59 Å². The van der Waals surface area contributed by atoms with Crippen molar-refractivity contribution in [2.24, 2.45) is 5.92 Å². The molecular formula is C19H32N4O2. The Morgan fingerprint density at radius 3 is 2.40 bits per heavy atom. The van der Waals surface area contributed by atoms with Crippen molar-refractivity contribution in [1.82, 2.24) is 19.6 Å². The zero-order valence-corrected chi connectivity index (χ0v) is 15.9. The lowest BCUT2D eigenvalue weighted by atomic mass is 9.82. The highest BCUT2D eigenvalue weighted by Gasteiger charge is 2.49. The first kappa shape index (κ1) is 18.4. The first-order chi connectivity index (χ1) is 11.9. The summed E-state index contributed by atoms with van der Waals surface area (Å²) >= 11 is 0. The fourth-order valence-electron chi connectivity index (χ4n) is 4.35. The third kappa shape index (κ3) is 3.60. The number of piperidine rings is 1. The van der Waals surface area contributed by atoms with Gasteiger partial charge >= 0.3 is 0 Å². The van der Waals surface area contributed by atoms with Gasteiger partial charge in [-0.05, 0) is 46.8 Å². The predicted octanol–water partition coefficient (Wildman–Crippen LogP) is 0.649. The van der Waals surface area contributed by atoms with E-state index in [2.05, 4.69) is 29.0 Å². The number of piperazine rings is 1. The monoisotopic (exact) mass is 348 g/mol. The van der Waals surface area contributed by atoms with Crippen LogP contribution in [0.5, 0.6) is 0 Å². The number of hydrogen-bond donors (Lipinski definition) is 0. The van der Waals surface area contributed by atoms with Gasteiger partial charge in [0.1, 0.15) is 5.54 Å². The van der Waals surface area contributed by atoms with Crippen molar-refractivity contribution in [3.8, 4) is 0 Å². The van der Waals surface area contributed by atoms with Gasteiger partial charge in [0.05, 0.1) is 0 Å². The van der Waals surface area contributed by atoms with E-state index in [1.54, 1.807) is 0 Å². The van der Waals surface area contributed by atoms with Crippen LogP contribution in [0, 0.1) is 5.92 Å². The van der Waals surface area contributed by atoms with Crippen molar-refractivity contribution in [3.05, 3.63) is 12.2 Å². The van der Waals surface area contributed by atoms with Crippen LogP contribution in [-0.2, 0) is 9.59 Å². The molecule has 0 atom stereocenters. The van der Waals surface area contributed by atoms with Gasteiger partial charge in [-0.2, -0.15) is 0 Å². The third-order valence-corrected chi connectivity index (χ3v) is 6.20. The van der Waals surface area contributed by atoms with Crippen LogP contribution in [0.25, 0.3) is 0 Å².